The molecule has 0 spiro atoms. The van der Waals surface area contributed by atoms with E-state index >= 15 is 0 Å². The molecule has 1 saturated heterocycles. The summed E-state index contributed by atoms with van der Waals surface area (Å²) in [7, 11) is 0. The molecule has 5 nitrogen and oxygen atoms in total. The number of para-hydroxylation sites is 1. The lowest BCUT2D eigenvalue weighted by Crippen LogP contribution is -2.40. The van der Waals surface area contributed by atoms with Crippen molar-refractivity contribution < 1.29 is 9.59 Å². The summed E-state index contributed by atoms with van der Waals surface area (Å²) < 4.78 is 0. The summed E-state index contributed by atoms with van der Waals surface area (Å²) in [6, 6.07) is 16.1. The van der Waals surface area contributed by atoms with Gasteiger partial charge in [0.2, 0.25) is 0 Å². The minimum Gasteiger partial charge on any atom is -0.339 e. The molecular formula is C20H24ClN3O2. The molecule has 26 heavy (non-hydrogen) atoms. The van der Waals surface area contributed by atoms with Crippen LogP contribution in [0.25, 0.3) is 0 Å². The Morgan fingerprint density at radius 3 is 2.27 bits per heavy atom. The van der Waals surface area contributed by atoms with E-state index in [0.29, 0.717) is 42.4 Å². The molecule has 1 aliphatic rings. The van der Waals surface area contributed by atoms with E-state index in [4.69, 9.17) is 5.73 Å². The van der Waals surface area contributed by atoms with Crippen molar-refractivity contribution >= 4 is 29.9 Å². The number of hydrogen-bond donors (Lipinski definition) is 2. The lowest BCUT2D eigenvalue weighted by Gasteiger charge is -2.31. The van der Waals surface area contributed by atoms with Crippen LogP contribution in [-0.4, -0.2) is 36.3 Å². The second-order valence-electron chi connectivity index (χ2n) is 6.34. The van der Waals surface area contributed by atoms with Crippen molar-refractivity contribution in [2.45, 2.75) is 12.8 Å². The Balaban J connectivity index is 0.00000243. The maximum atomic E-state index is 12.9. The zero-order valence-electron chi connectivity index (χ0n) is 14.6. The molecular weight excluding hydrogens is 350 g/mol. The first-order valence-corrected chi connectivity index (χ1v) is 8.64. The molecule has 0 radical (unpaired) electrons. The fourth-order valence-electron chi connectivity index (χ4n) is 3.10. The molecule has 6 heteroatoms. The van der Waals surface area contributed by atoms with E-state index < -0.39 is 0 Å². The number of carbonyl (C=O) groups excluding carboxylic acids is 2. The minimum atomic E-state index is -0.220. The van der Waals surface area contributed by atoms with Crippen molar-refractivity contribution in [2.75, 3.05) is 25.0 Å². The third-order valence-corrected chi connectivity index (χ3v) is 4.68. The quantitative estimate of drug-likeness (QED) is 0.864. The Morgan fingerprint density at radius 2 is 1.62 bits per heavy atom. The Labute approximate surface area is 160 Å². The summed E-state index contributed by atoms with van der Waals surface area (Å²) >= 11 is 0. The van der Waals surface area contributed by atoms with Gasteiger partial charge < -0.3 is 16.0 Å². The highest BCUT2D eigenvalue weighted by Crippen LogP contribution is 2.22. The fourth-order valence-corrected chi connectivity index (χ4v) is 3.10. The van der Waals surface area contributed by atoms with E-state index in [1.165, 1.54) is 0 Å². The smallest absolute Gasteiger partial charge is 0.255 e. The van der Waals surface area contributed by atoms with Gasteiger partial charge in [0, 0.05) is 18.7 Å². The number of halogens is 1. The second-order valence-corrected chi connectivity index (χ2v) is 6.34. The molecule has 2 amide bonds. The van der Waals surface area contributed by atoms with Gasteiger partial charge in [0.15, 0.2) is 0 Å². The number of nitrogens with one attached hydrogen (secondary N) is 1. The lowest BCUT2D eigenvalue weighted by atomic mass is 9.96. The third kappa shape index (κ3) is 4.62. The molecule has 1 fully saturated rings. The molecule has 2 aromatic carbocycles. The zero-order chi connectivity index (χ0) is 17.6. The third-order valence-electron chi connectivity index (χ3n) is 4.68. The largest absolute Gasteiger partial charge is 0.339 e. The van der Waals surface area contributed by atoms with Gasteiger partial charge in [-0.15, -0.1) is 12.4 Å². The van der Waals surface area contributed by atoms with E-state index in [9.17, 15) is 9.59 Å². The molecule has 0 aliphatic carbocycles. The highest BCUT2D eigenvalue weighted by molar-refractivity contribution is 6.09. The van der Waals surface area contributed by atoms with Gasteiger partial charge >= 0.3 is 0 Å². The van der Waals surface area contributed by atoms with E-state index in [-0.39, 0.29) is 24.2 Å². The van der Waals surface area contributed by atoms with Crippen molar-refractivity contribution in [1.82, 2.24) is 4.90 Å². The molecule has 1 heterocycles. The number of rotatable bonds is 4. The van der Waals surface area contributed by atoms with E-state index in [1.807, 2.05) is 35.2 Å². The summed E-state index contributed by atoms with van der Waals surface area (Å²) in [6.45, 7) is 2.09. The Hall–Kier alpha value is -2.37. The zero-order valence-corrected chi connectivity index (χ0v) is 15.4. The number of nitrogens with two attached hydrogens (primary N) is 1. The summed E-state index contributed by atoms with van der Waals surface area (Å²) in [5.74, 6) is 0.235. The summed E-state index contributed by atoms with van der Waals surface area (Å²) in [6.07, 6.45) is 1.86. The number of anilines is 1. The van der Waals surface area contributed by atoms with Crippen LogP contribution in [0.15, 0.2) is 54.6 Å². The van der Waals surface area contributed by atoms with Gasteiger partial charge in [-0.1, -0.05) is 30.3 Å². The van der Waals surface area contributed by atoms with Crippen LogP contribution in [-0.2, 0) is 0 Å². The molecule has 3 rings (SSSR count). The van der Waals surface area contributed by atoms with Gasteiger partial charge in [-0.2, -0.15) is 0 Å². The molecule has 3 N–H and O–H groups in total. The molecule has 0 atom stereocenters. The fraction of sp³-hybridized carbons (Fsp3) is 0.300. The first-order valence-electron chi connectivity index (χ1n) is 8.64. The van der Waals surface area contributed by atoms with Crippen LogP contribution >= 0.6 is 12.4 Å². The number of benzene rings is 2. The summed E-state index contributed by atoms with van der Waals surface area (Å²) in [4.78, 5) is 27.1. The van der Waals surface area contributed by atoms with E-state index in [2.05, 4.69) is 5.32 Å². The number of amides is 2. The average molecular weight is 374 g/mol. The van der Waals surface area contributed by atoms with Crippen molar-refractivity contribution in [3.8, 4) is 0 Å². The minimum absolute atomic E-state index is 0. The van der Waals surface area contributed by atoms with Crippen LogP contribution in [0.5, 0.6) is 0 Å². The van der Waals surface area contributed by atoms with Crippen molar-refractivity contribution in [1.29, 1.82) is 0 Å². The summed E-state index contributed by atoms with van der Waals surface area (Å²) in [5, 5.41) is 2.86. The van der Waals surface area contributed by atoms with Crippen molar-refractivity contribution in [3.63, 3.8) is 0 Å². The van der Waals surface area contributed by atoms with Gasteiger partial charge in [0.1, 0.15) is 0 Å². The molecule has 0 saturated carbocycles. The average Bonchev–Trinajstić information content (AvgIpc) is 2.68. The molecule has 2 aromatic rings. The van der Waals surface area contributed by atoms with Crippen molar-refractivity contribution in [3.05, 3.63) is 65.7 Å². The Morgan fingerprint density at radius 1 is 1.00 bits per heavy atom. The van der Waals surface area contributed by atoms with Gasteiger partial charge in [0.25, 0.3) is 11.8 Å². The molecule has 0 aromatic heterocycles. The number of carbonyl (C=O) groups is 2. The highest BCUT2D eigenvalue weighted by Gasteiger charge is 2.24. The maximum absolute atomic E-state index is 12.9. The van der Waals surface area contributed by atoms with Crippen LogP contribution in [0.3, 0.4) is 0 Å². The number of hydrogen-bond acceptors (Lipinski definition) is 3. The Kier molecular flexibility index (Phi) is 7.18. The standard InChI is InChI=1S/C20H23N3O2.ClH/c21-14-15-10-12-23(13-11-15)20(25)17-8-4-5-9-18(17)22-19(24)16-6-2-1-3-7-16;/h1-9,15H,10-14,21H2,(H,22,24);1H. The van der Waals surface area contributed by atoms with Crippen LogP contribution in [0.2, 0.25) is 0 Å². The van der Waals surface area contributed by atoms with E-state index in [1.54, 1.807) is 24.3 Å². The van der Waals surface area contributed by atoms with Crippen LogP contribution < -0.4 is 11.1 Å². The van der Waals surface area contributed by atoms with Crippen LogP contribution in [0.1, 0.15) is 33.6 Å². The van der Waals surface area contributed by atoms with Gasteiger partial charge in [-0.25, -0.2) is 0 Å². The molecule has 1 aliphatic heterocycles. The monoisotopic (exact) mass is 373 g/mol. The number of piperidine rings is 1. The molecule has 138 valence electrons. The first kappa shape index (κ1) is 19.9. The predicted molar refractivity (Wildman–Crippen MR) is 106 cm³/mol. The van der Waals surface area contributed by atoms with Gasteiger partial charge in [0.05, 0.1) is 11.3 Å². The maximum Gasteiger partial charge on any atom is 0.255 e. The predicted octanol–water partition coefficient (Wildman–Crippen LogP) is 3.17. The van der Waals surface area contributed by atoms with Crippen LogP contribution in [0.4, 0.5) is 5.69 Å². The summed E-state index contributed by atoms with van der Waals surface area (Å²) in [5.41, 5.74) is 7.35. The van der Waals surface area contributed by atoms with Crippen LogP contribution in [0, 0.1) is 5.92 Å². The SMILES string of the molecule is Cl.NCC1CCN(C(=O)c2ccccc2NC(=O)c2ccccc2)CC1. The lowest BCUT2D eigenvalue weighted by molar-refractivity contribution is 0.0694. The second kappa shape index (κ2) is 9.36. The van der Waals surface area contributed by atoms with Gasteiger partial charge in [-0.3, -0.25) is 9.59 Å². The Bertz CT molecular complexity index is 744. The molecule has 0 bridgehead atoms. The van der Waals surface area contributed by atoms with Gasteiger partial charge in [-0.05, 0) is 49.6 Å². The van der Waals surface area contributed by atoms with Crippen molar-refractivity contribution in [2.24, 2.45) is 11.7 Å². The normalized spacial score (nSPS) is 14.4. The highest BCUT2D eigenvalue weighted by atomic mass is 35.5. The van der Waals surface area contributed by atoms with E-state index in [0.717, 1.165) is 12.8 Å². The number of likely N-dealkylation sites (tertiary alicyclic amines) is 1. The number of nitrogens with zero attached hydrogens (tertiary/aromatic N) is 1. The molecule has 0 unspecified atom stereocenters. The topological polar surface area (TPSA) is 75.4 Å². The first-order chi connectivity index (χ1) is 12.2.